The first-order valence-corrected chi connectivity index (χ1v) is 12.0. The lowest BCUT2D eigenvalue weighted by Crippen LogP contribution is -2.15. The average molecular weight is 468 g/mol. The number of aromatic nitrogens is 1. The zero-order chi connectivity index (χ0) is 23.9. The third kappa shape index (κ3) is 4.97. The van der Waals surface area contributed by atoms with Crippen molar-refractivity contribution in [2.45, 2.75) is 20.8 Å². The van der Waals surface area contributed by atoms with Crippen molar-refractivity contribution in [1.29, 1.82) is 0 Å². The molecule has 0 aliphatic heterocycles. The summed E-state index contributed by atoms with van der Waals surface area (Å²) in [6, 6.07) is 27.3. The van der Waals surface area contributed by atoms with Gasteiger partial charge in [-0.3, -0.25) is 4.57 Å². The van der Waals surface area contributed by atoms with Gasteiger partial charge in [0.25, 0.3) is 0 Å². The highest BCUT2D eigenvalue weighted by molar-refractivity contribution is 7.07. The summed E-state index contributed by atoms with van der Waals surface area (Å²) in [5.74, 6) is 0. The predicted octanol–water partition coefficient (Wildman–Crippen LogP) is 6.58. The molecule has 0 saturated heterocycles. The fourth-order valence-corrected chi connectivity index (χ4v) is 4.35. The van der Waals surface area contributed by atoms with Gasteiger partial charge in [-0.05, 0) is 42.8 Å². The maximum absolute atomic E-state index is 12.9. The summed E-state index contributed by atoms with van der Waals surface area (Å²) in [7, 11) is 0. The van der Waals surface area contributed by atoms with Gasteiger partial charge in [0, 0.05) is 16.5 Å². The summed E-state index contributed by atoms with van der Waals surface area (Å²) < 4.78 is 7.55. The number of hydrogen-bond acceptors (Lipinski definition) is 5. The lowest BCUT2D eigenvalue weighted by atomic mass is 10.1. The van der Waals surface area contributed by atoms with Crippen LogP contribution in [0.3, 0.4) is 0 Å². The Morgan fingerprint density at radius 3 is 2.35 bits per heavy atom. The van der Waals surface area contributed by atoms with Crippen molar-refractivity contribution in [3.63, 3.8) is 0 Å². The van der Waals surface area contributed by atoms with Gasteiger partial charge in [0.05, 0.1) is 17.5 Å². The van der Waals surface area contributed by atoms with Gasteiger partial charge in [-0.15, -0.1) is 16.4 Å². The number of para-hydroxylation sites is 1. The summed E-state index contributed by atoms with van der Waals surface area (Å²) in [5.41, 5.74) is 4.34. The van der Waals surface area contributed by atoms with E-state index in [2.05, 4.69) is 10.2 Å². The molecule has 170 valence electrons. The highest BCUT2D eigenvalue weighted by Gasteiger charge is 2.15. The van der Waals surface area contributed by atoms with Gasteiger partial charge < -0.3 is 4.42 Å². The molecule has 2 heterocycles. The van der Waals surface area contributed by atoms with Crippen molar-refractivity contribution >= 4 is 28.5 Å². The van der Waals surface area contributed by atoms with Crippen molar-refractivity contribution < 1.29 is 4.42 Å². The molecule has 0 radical (unpaired) electrons. The number of hydrogen-bond donors (Lipinski definition) is 0. The Kier molecular flexibility index (Phi) is 7.30. The van der Waals surface area contributed by atoms with Crippen LogP contribution < -0.4 is 10.4 Å². The number of fused-ring (bicyclic) bond motifs is 1. The fraction of sp³-hybridized carbons (Fsp3) is 0.107. The molecule has 0 aliphatic rings. The van der Waals surface area contributed by atoms with E-state index in [0.717, 1.165) is 22.2 Å². The van der Waals surface area contributed by atoms with Gasteiger partial charge in [-0.25, -0.2) is 4.79 Å². The van der Waals surface area contributed by atoms with Crippen LogP contribution in [0.1, 0.15) is 25.0 Å². The topological polar surface area (TPSA) is 59.9 Å². The van der Waals surface area contributed by atoms with E-state index in [1.54, 1.807) is 6.21 Å². The van der Waals surface area contributed by atoms with Crippen molar-refractivity contribution in [2.75, 3.05) is 0 Å². The second-order valence-corrected chi connectivity index (χ2v) is 8.16. The van der Waals surface area contributed by atoms with E-state index in [-0.39, 0.29) is 5.63 Å². The Balaban J connectivity index is 0.00000133. The summed E-state index contributed by atoms with van der Waals surface area (Å²) >= 11 is 1.42. The van der Waals surface area contributed by atoms with Crippen LogP contribution in [0.25, 0.3) is 27.9 Å². The van der Waals surface area contributed by atoms with E-state index in [1.807, 2.05) is 116 Å². The van der Waals surface area contributed by atoms with E-state index < -0.39 is 0 Å². The van der Waals surface area contributed by atoms with Crippen LogP contribution in [0, 0.1) is 6.92 Å². The normalized spacial score (nSPS) is 11.6. The van der Waals surface area contributed by atoms with Crippen molar-refractivity contribution in [3.05, 3.63) is 117 Å². The van der Waals surface area contributed by atoms with Gasteiger partial charge >= 0.3 is 5.63 Å². The summed E-state index contributed by atoms with van der Waals surface area (Å²) in [5, 5.41) is 11.5. The molecule has 6 heteroatoms. The van der Waals surface area contributed by atoms with Gasteiger partial charge in [-0.1, -0.05) is 74.0 Å². The van der Waals surface area contributed by atoms with E-state index in [9.17, 15) is 4.79 Å². The minimum Gasteiger partial charge on any atom is -0.422 e. The van der Waals surface area contributed by atoms with Crippen molar-refractivity contribution in [3.8, 4) is 16.9 Å². The van der Waals surface area contributed by atoms with Crippen LogP contribution >= 0.6 is 11.3 Å². The van der Waals surface area contributed by atoms with Crippen LogP contribution in [0.5, 0.6) is 0 Å². The molecule has 0 atom stereocenters. The minimum absolute atomic E-state index is 0.386. The summed E-state index contributed by atoms with van der Waals surface area (Å²) in [6.45, 7) is 6.01. The predicted molar refractivity (Wildman–Crippen MR) is 141 cm³/mol. The zero-order valence-electron chi connectivity index (χ0n) is 19.3. The fourth-order valence-electron chi connectivity index (χ4n) is 3.50. The Labute approximate surface area is 202 Å². The maximum Gasteiger partial charge on any atom is 0.345 e. The molecule has 0 N–H and O–H groups in total. The molecule has 3 aromatic carbocycles. The van der Waals surface area contributed by atoms with Crippen molar-refractivity contribution in [1.82, 2.24) is 4.57 Å². The molecule has 0 aliphatic carbocycles. The maximum atomic E-state index is 12.9. The number of benzene rings is 3. The summed E-state index contributed by atoms with van der Waals surface area (Å²) in [6.07, 6.45) is 1.71. The largest absolute Gasteiger partial charge is 0.422 e. The second-order valence-electron chi connectivity index (χ2n) is 7.32. The van der Waals surface area contributed by atoms with E-state index in [0.29, 0.717) is 21.6 Å². The first-order valence-electron chi connectivity index (χ1n) is 11.1. The zero-order valence-corrected chi connectivity index (χ0v) is 20.1. The van der Waals surface area contributed by atoms with Gasteiger partial charge in [0.1, 0.15) is 5.58 Å². The molecule has 5 aromatic rings. The van der Waals surface area contributed by atoms with Crippen LogP contribution in [0.4, 0.5) is 0 Å². The molecule has 0 bridgehead atoms. The smallest absolute Gasteiger partial charge is 0.345 e. The van der Waals surface area contributed by atoms with Crippen LogP contribution in [-0.2, 0) is 0 Å². The molecule has 0 fully saturated rings. The molecule has 0 unspecified atom stereocenters. The molecule has 0 saturated carbocycles. The quantitative estimate of drug-likeness (QED) is 0.170. The first kappa shape index (κ1) is 23.1. The Morgan fingerprint density at radius 1 is 0.912 bits per heavy atom. The standard InChI is InChI=1S/C26H19N3O2S.C2H6/c1-18-12-13-24-20(14-18)15-22(25(30)31-24)23-17-32-26(29(23)21-10-6-3-7-11-21)28-27-16-19-8-4-2-5-9-19;1-2/h2-17H,1H3;1-2H3/b27-16?,28-26-;. The highest BCUT2D eigenvalue weighted by atomic mass is 32.1. The van der Waals surface area contributed by atoms with Gasteiger partial charge in [-0.2, -0.15) is 5.10 Å². The highest BCUT2D eigenvalue weighted by Crippen LogP contribution is 2.24. The Hall–Kier alpha value is -4.03. The number of thiazole rings is 1. The summed E-state index contributed by atoms with van der Waals surface area (Å²) in [4.78, 5) is 13.5. The molecule has 0 spiro atoms. The second kappa shape index (κ2) is 10.7. The third-order valence-corrected chi connectivity index (χ3v) is 5.85. The molecular formula is C28H25N3O2S. The monoisotopic (exact) mass is 467 g/mol. The van der Waals surface area contributed by atoms with Crippen LogP contribution in [0.15, 0.2) is 110 Å². The molecular weight excluding hydrogens is 442 g/mol. The molecule has 2 aromatic heterocycles. The number of aryl methyl sites for hydroxylation is 1. The SMILES string of the molecule is CC.Cc1ccc2oc(=O)c(-c3cs/c(=N\N=Cc4ccccc4)n3-c3ccccc3)cc2c1. The minimum atomic E-state index is -0.386. The van der Waals surface area contributed by atoms with Gasteiger partial charge in [0.15, 0.2) is 0 Å². The van der Waals surface area contributed by atoms with E-state index >= 15 is 0 Å². The molecule has 5 nitrogen and oxygen atoms in total. The van der Waals surface area contributed by atoms with Crippen LogP contribution in [-0.4, -0.2) is 10.8 Å². The first-order chi connectivity index (χ1) is 16.7. The Morgan fingerprint density at radius 2 is 1.62 bits per heavy atom. The molecule has 34 heavy (non-hydrogen) atoms. The lowest BCUT2D eigenvalue weighted by Gasteiger charge is -2.09. The Bertz CT molecular complexity index is 1550. The van der Waals surface area contributed by atoms with E-state index in [1.165, 1.54) is 11.3 Å². The number of rotatable bonds is 4. The molecule has 5 rings (SSSR count). The van der Waals surface area contributed by atoms with E-state index in [4.69, 9.17) is 4.42 Å². The lowest BCUT2D eigenvalue weighted by molar-refractivity contribution is 0.563. The van der Waals surface area contributed by atoms with Gasteiger partial charge in [0.2, 0.25) is 4.80 Å². The average Bonchev–Trinajstić information content (AvgIpc) is 3.30. The van der Waals surface area contributed by atoms with Crippen LogP contribution in [0.2, 0.25) is 0 Å². The number of nitrogens with zero attached hydrogens (tertiary/aromatic N) is 3. The molecule has 0 amide bonds. The van der Waals surface area contributed by atoms with Crippen molar-refractivity contribution in [2.24, 2.45) is 10.2 Å². The third-order valence-electron chi connectivity index (χ3n) is 5.04.